The summed E-state index contributed by atoms with van der Waals surface area (Å²) in [6.07, 6.45) is 3.05. The second kappa shape index (κ2) is 8.31. The predicted molar refractivity (Wildman–Crippen MR) is 113 cm³/mol. The number of carbonyl (C=O) groups excluding carboxylic acids is 2. The van der Waals surface area contributed by atoms with Gasteiger partial charge in [0.05, 0.1) is 21.9 Å². The third-order valence-corrected chi connectivity index (χ3v) is 7.05. The van der Waals surface area contributed by atoms with Crippen LogP contribution in [-0.4, -0.2) is 68.8 Å². The van der Waals surface area contributed by atoms with E-state index in [1.54, 1.807) is 17.5 Å². The van der Waals surface area contributed by atoms with Gasteiger partial charge in [0.2, 0.25) is 5.91 Å². The first-order valence-corrected chi connectivity index (χ1v) is 11.5. The highest BCUT2D eigenvalue weighted by atomic mass is 32.2. The molecule has 0 bridgehead atoms. The van der Waals surface area contributed by atoms with Crippen LogP contribution in [-0.2, 0) is 9.53 Å². The van der Waals surface area contributed by atoms with Crippen LogP contribution >= 0.6 is 23.1 Å². The fraction of sp³-hybridized carbons (Fsp3) is 0.500. The summed E-state index contributed by atoms with van der Waals surface area (Å²) in [6.45, 7) is 5.78. The molecule has 0 radical (unpaired) electrons. The Labute approximate surface area is 178 Å². The van der Waals surface area contributed by atoms with Crippen molar-refractivity contribution in [1.29, 1.82) is 0 Å². The number of cyclic esters (lactones) is 1. The second-order valence-corrected chi connectivity index (χ2v) is 9.73. The number of thioether (sulfide) groups is 1. The Balaban J connectivity index is 1.30. The molecule has 154 valence electrons. The number of hydrogen-bond acceptors (Lipinski definition) is 7. The molecule has 2 amide bonds. The molecule has 0 saturated carbocycles. The first-order chi connectivity index (χ1) is 13.9. The number of aromatic nitrogens is 2. The van der Waals surface area contributed by atoms with Gasteiger partial charge < -0.3 is 9.64 Å². The highest BCUT2D eigenvalue weighted by Gasteiger charge is 2.44. The van der Waals surface area contributed by atoms with E-state index in [0.29, 0.717) is 30.6 Å². The van der Waals surface area contributed by atoms with Crippen LogP contribution in [0, 0.1) is 0 Å². The number of rotatable bonds is 5. The number of carbonyl (C=O) groups is 2. The number of amides is 2. The summed E-state index contributed by atoms with van der Waals surface area (Å²) in [7, 11) is 0. The van der Waals surface area contributed by atoms with Crippen LogP contribution in [0.5, 0.6) is 0 Å². The molecule has 7 nitrogen and oxygen atoms in total. The molecule has 0 atom stereocenters. The summed E-state index contributed by atoms with van der Waals surface area (Å²) in [5.41, 5.74) is 0.597. The van der Waals surface area contributed by atoms with Crippen LogP contribution in [0.4, 0.5) is 4.79 Å². The minimum atomic E-state index is -0.283. The van der Waals surface area contributed by atoms with E-state index in [9.17, 15) is 9.59 Å². The molecule has 2 saturated heterocycles. The van der Waals surface area contributed by atoms with Crippen molar-refractivity contribution < 1.29 is 14.3 Å². The van der Waals surface area contributed by atoms with Crippen molar-refractivity contribution >= 4 is 35.1 Å². The summed E-state index contributed by atoms with van der Waals surface area (Å²) in [5, 5.41) is 2.63. The normalized spacial score (nSPS) is 19.4. The summed E-state index contributed by atoms with van der Waals surface area (Å²) in [5.74, 6) is 0.400. The fourth-order valence-electron chi connectivity index (χ4n) is 3.83. The van der Waals surface area contributed by atoms with Gasteiger partial charge in [-0.15, -0.1) is 11.3 Å². The molecule has 2 aliphatic heterocycles. The lowest BCUT2D eigenvalue weighted by molar-refractivity contribution is -0.129. The van der Waals surface area contributed by atoms with Crippen molar-refractivity contribution in [3.8, 4) is 10.6 Å². The van der Waals surface area contributed by atoms with Crippen LogP contribution in [0.15, 0.2) is 34.9 Å². The van der Waals surface area contributed by atoms with Crippen molar-refractivity contribution in [2.45, 2.75) is 43.4 Å². The molecule has 2 aromatic rings. The van der Waals surface area contributed by atoms with Crippen LogP contribution in [0.2, 0.25) is 0 Å². The van der Waals surface area contributed by atoms with Gasteiger partial charge in [0, 0.05) is 25.3 Å². The van der Waals surface area contributed by atoms with Gasteiger partial charge in [-0.05, 0) is 44.2 Å². The molecule has 0 unspecified atom stereocenters. The Morgan fingerprint density at radius 2 is 2.14 bits per heavy atom. The van der Waals surface area contributed by atoms with Crippen LogP contribution in [0.1, 0.15) is 26.7 Å². The third kappa shape index (κ3) is 4.40. The van der Waals surface area contributed by atoms with Crippen molar-refractivity contribution in [1.82, 2.24) is 19.8 Å². The van der Waals surface area contributed by atoms with Gasteiger partial charge in [0.25, 0.3) is 0 Å². The first kappa shape index (κ1) is 20.2. The lowest BCUT2D eigenvalue weighted by Gasteiger charge is -2.40. The van der Waals surface area contributed by atoms with Gasteiger partial charge in [0.15, 0.2) is 5.16 Å². The Morgan fingerprint density at radius 1 is 1.34 bits per heavy atom. The van der Waals surface area contributed by atoms with E-state index in [0.717, 1.165) is 23.4 Å². The number of likely N-dealkylation sites (tertiary alicyclic amines) is 1. The quantitative estimate of drug-likeness (QED) is 0.532. The molecule has 0 spiro atoms. The minimum absolute atomic E-state index is 0.0850. The van der Waals surface area contributed by atoms with Crippen molar-refractivity contribution in [3.63, 3.8) is 0 Å². The Bertz CT molecular complexity index is 880. The van der Waals surface area contributed by atoms with Crippen LogP contribution in [0.3, 0.4) is 0 Å². The molecule has 2 fully saturated rings. The number of ether oxygens (including phenoxy) is 1. The second-order valence-electron chi connectivity index (χ2n) is 7.84. The van der Waals surface area contributed by atoms with E-state index < -0.39 is 0 Å². The van der Waals surface area contributed by atoms with E-state index in [-0.39, 0.29) is 23.6 Å². The molecule has 9 heteroatoms. The summed E-state index contributed by atoms with van der Waals surface area (Å²) < 4.78 is 5.22. The molecule has 0 aromatic carbocycles. The molecular weight excluding hydrogens is 408 g/mol. The van der Waals surface area contributed by atoms with Gasteiger partial charge in [-0.25, -0.2) is 14.8 Å². The predicted octanol–water partition coefficient (Wildman–Crippen LogP) is 3.52. The smallest absolute Gasteiger partial charge is 0.410 e. The fourth-order valence-corrected chi connectivity index (χ4v) is 5.26. The number of thiophene rings is 1. The summed E-state index contributed by atoms with van der Waals surface area (Å²) >= 11 is 3.00. The summed E-state index contributed by atoms with van der Waals surface area (Å²) in [6, 6.07) is 6.02. The van der Waals surface area contributed by atoms with Crippen LogP contribution < -0.4 is 0 Å². The highest BCUT2D eigenvalue weighted by molar-refractivity contribution is 7.99. The standard InChI is InChI=1S/C20H24N4O3S2/c1-20(2)13-27-19(26)24(20)14-6-9-23(10-7-14)17(25)12-29-18-21-8-5-15(22-18)16-4-3-11-28-16/h3-5,8,11,14H,6-7,9-10,12-13H2,1-2H3. The SMILES string of the molecule is CC1(C)COC(=O)N1C1CCN(C(=O)CSc2nccc(-c3cccs3)n2)CC1. The average molecular weight is 433 g/mol. The molecule has 4 rings (SSSR count). The van der Waals surface area contributed by atoms with E-state index in [2.05, 4.69) is 9.97 Å². The highest BCUT2D eigenvalue weighted by Crippen LogP contribution is 2.31. The van der Waals surface area contributed by atoms with E-state index in [1.807, 2.05) is 47.2 Å². The molecule has 29 heavy (non-hydrogen) atoms. The minimum Gasteiger partial charge on any atom is -0.447 e. The zero-order chi connectivity index (χ0) is 20.4. The van der Waals surface area contributed by atoms with Crippen molar-refractivity contribution in [2.24, 2.45) is 0 Å². The van der Waals surface area contributed by atoms with Gasteiger partial charge in [0.1, 0.15) is 6.61 Å². The lowest BCUT2D eigenvalue weighted by Crippen LogP contribution is -2.53. The third-order valence-electron chi connectivity index (χ3n) is 5.31. The Morgan fingerprint density at radius 3 is 2.79 bits per heavy atom. The number of nitrogens with zero attached hydrogens (tertiary/aromatic N) is 4. The first-order valence-electron chi connectivity index (χ1n) is 9.68. The monoisotopic (exact) mass is 432 g/mol. The van der Waals surface area contributed by atoms with Gasteiger partial charge in [-0.3, -0.25) is 9.69 Å². The zero-order valence-electron chi connectivity index (χ0n) is 16.5. The van der Waals surface area contributed by atoms with E-state index >= 15 is 0 Å². The molecular formula is C20H24N4O3S2. The van der Waals surface area contributed by atoms with Crippen LogP contribution in [0.25, 0.3) is 10.6 Å². The molecule has 0 aliphatic carbocycles. The Kier molecular flexibility index (Phi) is 5.78. The molecule has 4 heterocycles. The van der Waals surface area contributed by atoms with E-state index in [4.69, 9.17) is 4.74 Å². The maximum atomic E-state index is 12.7. The maximum Gasteiger partial charge on any atom is 0.410 e. The van der Waals surface area contributed by atoms with E-state index in [1.165, 1.54) is 11.8 Å². The molecule has 2 aromatic heterocycles. The topological polar surface area (TPSA) is 75.6 Å². The largest absolute Gasteiger partial charge is 0.447 e. The maximum absolute atomic E-state index is 12.7. The van der Waals surface area contributed by atoms with Crippen molar-refractivity contribution in [3.05, 3.63) is 29.8 Å². The number of piperidine rings is 1. The lowest BCUT2D eigenvalue weighted by atomic mass is 9.97. The molecule has 0 N–H and O–H groups in total. The van der Waals surface area contributed by atoms with Gasteiger partial charge in [-0.2, -0.15) is 0 Å². The van der Waals surface area contributed by atoms with Gasteiger partial charge in [-0.1, -0.05) is 17.8 Å². The van der Waals surface area contributed by atoms with Gasteiger partial charge >= 0.3 is 6.09 Å². The average Bonchev–Trinajstić information content (AvgIpc) is 3.35. The summed E-state index contributed by atoms with van der Waals surface area (Å²) in [4.78, 5) is 38.4. The molecule has 2 aliphatic rings. The van der Waals surface area contributed by atoms with Crippen molar-refractivity contribution in [2.75, 3.05) is 25.4 Å². The number of hydrogen-bond donors (Lipinski definition) is 0. The Hall–Kier alpha value is -2.13. The zero-order valence-corrected chi connectivity index (χ0v) is 18.2.